The number of para-hydroxylation sites is 2. The number of anilines is 1. The van der Waals surface area contributed by atoms with Gasteiger partial charge in [0.25, 0.3) is 5.91 Å². The molecule has 0 spiro atoms. The number of aryl methyl sites for hydroxylation is 1. The van der Waals surface area contributed by atoms with Gasteiger partial charge in [-0.15, -0.1) is 0 Å². The van der Waals surface area contributed by atoms with Crippen LogP contribution < -0.4 is 5.32 Å². The molecule has 0 aliphatic rings. The van der Waals surface area contributed by atoms with E-state index in [1.54, 1.807) is 6.92 Å². The number of rotatable bonds is 8. The van der Waals surface area contributed by atoms with Crippen LogP contribution in [0.5, 0.6) is 0 Å². The summed E-state index contributed by atoms with van der Waals surface area (Å²) in [7, 11) is 0. The Labute approximate surface area is 130 Å². The first kappa shape index (κ1) is 16.5. The van der Waals surface area contributed by atoms with Gasteiger partial charge in [-0.05, 0) is 32.9 Å². The number of benzene rings is 1. The van der Waals surface area contributed by atoms with Gasteiger partial charge < -0.3 is 14.0 Å². The van der Waals surface area contributed by atoms with E-state index in [1.807, 2.05) is 42.7 Å². The van der Waals surface area contributed by atoms with Crippen LogP contribution in [0.4, 0.5) is 5.95 Å². The van der Waals surface area contributed by atoms with E-state index in [9.17, 15) is 4.79 Å². The van der Waals surface area contributed by atoms with Crippen molar-refractivity contribution >= 4 is 22.9 Å². The topological polar surface area (TPSA) is 65.4 Å². The lowest BCUT2D eigenvalue weighted by atomic mass is 10.3. The number of carbonyl (C=O) groups is 1. The number of ether oxygens (including phenoxy) is 2. The van der Waals surface area contributed by atoms with E-state index >= 15 is 0 Å². The second-order valence-corrected chi connectivity index (χ2v) is 4.87. The molecule has 1 atom stereocenters. The summed E-state index contributed by atoms with van der Waals surface area (Å²) in [5.74, 6) is 0.343. The van der Waals surface area contributed by atoms with Gasteiger partial charge >= 0.3 is 0 Å². The first-order chi connectivity index (χ1) is 10.7. The predicted molar refractivity (Wildman–Crippen MR) is 85.9 cm³/mol. The van der Waals surface area contributed by atoms with Crippen LogP contribution in [-0.2, 0) is 20.8 Å². The van der Waals surface area contributed by atoms with Crippen molar-refractivity contribution in [2.24, 2.45) is 0 Å². The van der Waals surface area contributed by atoms with Gasteiger partial charge in [0.15, 0.2) is 0 Å². The summed E-state index contributed by atoms with van der Waals surface area (Å²) < 4.78 is 12.6. The second kappa shape index (κ2) is 7.91. The average molecular weight is 305 g/mol. The normalized spacial score (nSPS) is 12.5. The lowest BCUT2D eigenvalue weighted by Crippen LogP contribution is -2.30. The summed E-state index contributed by atoms with van der Waals surface area (Å²) >= 11 is 0. The molecule has 6 nitrogen and oxygen atoms in total. The Kier molecular flexibility index (Phi) is 5.91. The zero-order valence-electron chi connectivity index (χ0n) is 13.3. The van der Waals surface area contributed by atoms with Crippen molar-refractivity contribution in [3.63, 3.8) is 0 Å². The minimum atomic E-state index is -0.550. The Balaban J connectivity index is 2.02. The number of nitrogens with zero attached hydrogens (tertiary/aromatic N) is 2. The predicted octanol–water partition coefficient (Wildman–Crippen LogP) is 2.44. The molecule has 1 unspecified atom stereocenters. The van der Waals surface area contributed by atoms with Crippen LogP contribution in [0.15, 0.2) is 24.3 Å². The van der Waals surface area contributed by atoms with E-state index < -0.39 is 6.10 Å². The van der Waals surface area contributed by atoms with E-state index in [-0.39, 0.29) is 5.91 Å². The van der Waals surface area contributed by atoms with Crippen LogP contribution in [0.25, 0.3) is 11.0 Å². The summed E-state index contributed by atoms with van der Waals surface area (Å²) in [6.07, 6.45) is -0.550. The van der Waals surface area contributed by atoms with E-state index in [1.165, 1.54) is 0 Å². The third-order valence-electron chi connectivity index (χ3n) is 3.37. The van der Waals surface area contributed by atoms with Crippen LogP contribution in [0, 0.1) is 0 Å². The third-order valence-corrected chi connectivity index (χ3v) is 3.37. The number of amides is 1. The van der Waals surface area contributed by atoms with Gasteiger partial charge in [0, 0.05) is 13.2 Å². The molecule has 0 fully saturated rings. The molecule has 1 N–H and O–H groups in total. The van der Waals surface area contributed by atoms with Crippen LogP contribution in [0.2, 0.25) is 0 Å². The number of aromatic nitrogens is 2. The molecule has 6 heteroatoms. The fraction of sp³-hybridized carbons (Fsp3) is 0.500. The quantitative estimate of drug-likeness (QED) is 0.761. The van der Waals surface area contributed by atoms with E-state index in [0.717, 1.165) is 17.6 Å². The van der Waals surface area contributed by atoms with Crippen molar-refractivity contribution in [2.75, 3.05) is 25.1 Å². The second-order valence-electron chi connectivity index (χ2n) is 4.87. The Bertz CT molecular complexity index is 624. The Hall–Kier alpha value is -1.92. The number of nitrogens with one attached hydrogen (secondary N) is 1. The van der Waals surface area contributed by atoms with Gasteiger partial charge in [0.1, 0.15) is 6.10 Å². The highest BCUT2D eigenvalue weighted by molar-refractivity contribution is 5.94. The average Bonchev–Trinajstić information content (AvgIpc) is 2.88. The standard InChI is InChI=1S/C16H23N3O3/c1-4-19-14-9-7-6-8-13(14)17-16(19)18-15(20)12(3)22-11-10-21-5-2/h6-9,12H,4-5,10-11H2,1-3H3,(H,17,18,20). The molecule has 1 heterocycles. The first-order valence-corrected chi connectivity index (χ1v) is 7.62. The van der Waals surface area contributed by atoms with Crippen LogP contribution >= 0.6 is 0 Å². The molecule has 120 valence electrons. The number of carbonyl (C=O) groups excluding carboxylic acids is 1. The van der Waals surface area contributed by atoms with Gasteiger partial charge in [-0.25, -0.2) is 4.98 Å². The molecular weight excluding hydrogens is 282 g/mol. The van der Waals surface area contributed by atoms with Gasteiger partial charge in [-0.2, -0.15) is 0 Å². The van der Waals surface area contributed by atoms with Crippen molar-refractivity contribution < 1.29 is 14.3 Å². The Morgan fingerprint density at radius 3 is 2.82 bits per heavy atom. The number of imidazole rings is 1. The molecule has 0 aliphatic heterocycles. The summed E-state index contributed by atoms with van der Waals surface area (Å²) in [5.41, 5.74) is 1.87. The highest BCUT2D eigenvalue weighted by Crippen LogP contribution is 2.19. The van der Waals surface area contributed by atoms with Crippen molar-refractivity contribution in [3.8, 4) is 0 Å². The fourth-order valence-corrected chi connectivity index (χ4v) is 2.21. The fourth-order valence-electron chi connectivity index (χ4n) is 2.21. The molecule has 1 amide bonds. The highest BCUT2D eigenvalue weighted by atomic mass is 16.5. The van der Waals surface area contributed by atoms with E-state index in [2.05, 4.69) is 10.3 Å². The summed E-state index contributed by atoms with van der Waals surface area (Å²) in [6, 6.07) is 7.81. The molecular formula is C16H23N3O3. The first-order valence-electron chi connectivity index (χ1n) is 7.62. The minimum Gasteiger partial charge on any atom is -0.379 e. The van der Waals surface area contributed by atoms with E-state index in [4.69, 9.17) is 9.47 Å². The SMILES string of the molecule is CCOCCOC(C)C(=O)Nc1nc2ccccc2n1CC. The zero-order valence-corrected chi connectivity index (χ0v) is 13.3. The molecule has 0 aliphatic carbocycles. The summed E-state index contributed by atoms with van der Waals surface area (Å²) in [5, 5.41) is 2.84. The molecule has 1 aromatic heterocycles. The van der Waals surface area contributed by atoms with E-state index in [0.29, 0.717) is 25.8 Å². The maximum atomic E-state index is 12.2. The molecule has 0 bridgehead atoms. The van der Waals surface area contributed by atoms with Gasteiger partial charge in [0.2, 0.25) is 5.95 Å². The maximum absolute atomic E-state index is 12.2. The summed E-state index contributed by atoms with van der Waals surface area (Å²) in [4.78, 5) is 16.7. The molecule has 0 saturated carbocycles. The van der Waals surface area contributed by atoms with Crippen molar-refractivity contribution in [3.05, 3.63) is 24.3 Å². The van der Waals surface area contributed by atoms with Crippen LogP contribution in [0.1, 0.15) is 20.8 Å². The largest absolute Gasteiger partial charge is 0.379 e. The Morgan fingerprint density at radius 2 is 2.09 bits per heavy atom. The lowest BCUT2D eigenvalue weighted by Gasteiger charge is -2.13. The molecule has 2 aromatic rings. The van der Waals surface area contributed by atoms with Crippen LogP contribution in [0.3, 0.4) is 0 Å². The molecule has 1 aromatic carbocycles. The molecule has 0 radical (unpaired) electrons. The molecule has 2 rings (SSSR count). The monoisotopic (exact) mass is 305 g/mol. The minimum absolute atomic E-state index is 0.207. The van der Waals surface area contributed by atoms with Crippen molar-refractivity contribution in [1.82, 2.24) is 9.55 Å². The van der Waals surface area contributed by atoms with Crippen molar-refractivity contribution in [1.29, 1.82) is 0 Å². The Morgan fingerprint density at radius 1 is 1.32 bits per heavy atom. The number of hydrogen-bond acceptors (Lipinski definition) is 4. The number of hydrogen-bond donors (Lipinski definition) is 1. The molecule has 0 saturated heterocycles. The van der Waals surface area contributed by atoms with Gasteiger partial charge in [0.05, 0.1) is 24.2 Å². The van der Waals surface area contributed by atoms with Gasteiger partial charge in [-0.1, -0.05) is 12.1 Å². The lowest BCUT2D eigenvalue weighted by molar-refractivity contribution is -0.127. The van der Waals surface area contributed by atoms with Crippen molar-refractivity contribution in [2.45, 2.75) is 33.4 Å². The number of fused-ring (bicyclic) bond motifs is 1. The maximum Gasteiger partial charge on any atom is 0.255 e. The zero-order chi connectivity index (χ0) is 15.9. The van der Waals surface area contributed by atoms with Crippen LogP contribution in [-0.4, -0.2) is 41.4 Å². The third kappa shape index (κ3) is 3.84. The van der Waals surface area contributed by atoms with Gasteiger partial charge in [-0.3, -0.25) is 10.1 Å². The smallest absolute Gasteiger partial charge is 0.255 e. The molecule has 22 heavy (non-hydrogen) atoms. The highest BCUT2D eigenvalue weighted by Gasteiger charge is 2.17. The summed E-state index contributed by atoms with van der Waals surface area (Å²) in [6.45, 7) is 7.92.